The number of aliphatic hydroxyl groups is 1. The molecule has 4 nitrogen and oxygen atoms in total. The van der Waals surface area contributed by atoms with Crippen LogP contribution < -0.4 is 5.32 Å². The maximum absolute atomic E-state index is 13.9. The summed E-state index contributed by atoms with van der Waals surface area (Å²) in [6.07, 6.45) is 0.917. The molecule has 1 fully saturated rings. The summed E-state index contributed by atoms with van der Waals surface area (Å²) >= 11 is 0. The van der Waals surface area contributed by atoms with E-state index in [1.165, 1.54) is 17.7 Å². The van der Waals surface area contributed by atoms with E-state index < -0.39 is 11.4 Å². The van der Waals surface area contributed by atoms with E-state index in [9.17, 15) is 14.3 Å². The van der Waals surface area contributed by atoms with Crippen LogP contribution in [0.4, 0.5) is 10.1 Å². The fourth-order valence-corrected chi connectivity index (χ4v) is 3.46. The van der Waals surface area contributed by atoms with E-state index in [1.54, 1.807) is 17.0 Å². The van der Waals surface area contributed by atoms with E-state index in [2.05, 4.69) is 38.2 Å². The Hall–Kier alpha value is -2.40. The summed E-state index contributed by atoms with van der Waals surface area (Å²) < 4.78 is 13.9. The van der Waals surface area contributed by atoms with Crippen molar-refractivity contribution in [3.8, 4) is 0 Å². The van der Waals surface area contributed by atoms with Crippen LogP contribution in [0.3, 0.4) is 0 Å². The summed E-state index contributed by atoms with van der Waals surface area (Å²) in [7, 11) is 0. The van der Waals surface area contributed by atoms with Gasteiger partial charge in [-0.05, 0) is 48.1 Å². The Labute approximate surface area is 166 Å². The van der Waals surface area contributed by atoms with Gasteiger partial charge in [0.1, 0.15) is 5.82 Å². The lowest BCUT2D eigenvalue weighted by Gasteiger charge is -2.38. The van der Waals surface area contributed by atoms with Crippen LogP contribution in [0.25, 0.3) is 0 Å². The van der Waals surface area contributed by atoms with E-state index in [0.717, 1.165) is 5.69 Å². The van der Waals surface area contributed by atoms with Crippen molar-refractivity contribution in [2.75, 3.05) is 25.0 Å². The molecule has 1 amide bonds. The smallest absolute Gasteiger partial charge is 0.256 e. The second-order valence-corrected chi connectivity index (χ2v) is 8.68. The average molecular weight is 384 g/mol. The molecule has 150 valence electrons. The van der Waals surface area contributed by atoms with Crippen molar-refractivity contribution in [3.05, 3.63) is 65.5 Å². The number of benzene rings is 2. The summed E-state index contributed by atoms with van der Waals surface area (Å²) in [5.41, 5.74) is 1.54. The van der Waals surface area contributed by atoms with E-state index in [1.807, 2.05) is 12.1 Å². The first-order valence-corrected chi connectivity index (χ1v) is 9.79. The number of halogens is 1. The van der Waals surface area contributed by atoms with Gasteiger partial charge in [0.15, 0.2) is 0 Å². The van der Waals surface area contributed by atoms with Gasteiger partial charge in [0.2, 0.25) is 0 Å². The zero-order valence-corrected chi connectivity index (χ0v) is 16.8. The molecule has 0 aromatic heterocycles. The summed E-state index contributed by atoms with van der Waals surface area (Å²) in [6.45, 7) is 7.77. The Morgan fingerprint density at radius 3 is 2.29 bits per heavy atom. The minimum absolute atomic E-state index is 0.0880. The molecular weight excluding hydrogens is 355 g/mol. The first-order chi connectivity index (χ1) is 13.2. The lowest BCUT2D eigenvalue weighted by molar-refractivity contribution is -0.00653. The maximum atomic E-state index is 13.9. The number of likely N-dealkylation sites (tertiary alicyclic amines) is 1. The summed E-state index contributed by atoms with van der Waals surface area (Å²) in [4.78, 5) is 14.1. The molecule has 0 bridgehead atoms. The van der Waals surface area contributed by atoms with Crippen molar-refractivity contribution in [1.29, 1.82) is 0 Å². The molecule has 1 heterocycles. The number of carbonyl (C=O) groups excluding carboxylic acids is 1. The molecular formula is C23H29FN2O2. The van der Waals surface area contributed by atoms with Gasteiger partial charge >= 0.3 is 0 Å². The molecule has 2 aromatic rings. The van der Waals surface area contributed by atoms with E-state index >= 15 is 0 Å². The SMILES string of the molecule is CC(C)(C)c1ccc(NCC2(O)CCN(C(=O)c3ccccc3F)CC2)cc1. The lowest BCUT2D eigenvalue weighted by Crippen LogP contribution is -2.50. The first-order valence-electron chi connectivity index (χ1n) is 9.79. The normalized spacial score (nSPS) is 16.7. The van der Waals surface area contributed by atoms with Crippen molar-refractivity contribution < 1.29 is 14.3 Å². The monoisotopic (exact) mass is 384 g/mol. The highest BCUT2D eigenvalue weighted by Gasteiger charge is 2.34. The molecule has 0 radical (unpaired) electrons. The number of carbonyl (C=O) groups is 1. The van der Waals surface area contributed by atoms with Crippen molar-refractivity contribution in [2.45, 2.75) is 44.6 Å². The van der Waals surface area contributed by atoms with Crippen LogP contribution >= 0.6 is 0 Å². The molecule has 0 unspecified atom stereocenters. The van der Waals surface area contributed by atoms with Gasteiger partial charge in [-0.2, -0.15) is 0 Å². The number of hydrogen-bond acceptors (Lipinski definition) is 3. The van der Waals surface area contributed by atoms with Crippen molar-refractivity contribution in [1.82, 2.24) is 4.90 Å². The Morgan fingerprint density at radius 2 is 1.71 bits per heavy atom. The summed E-state index contributed by atoms with van der Waals surface area (Å²) in [5, 5.41) is 14.2. The topological polar surface area (TPSA) is 52.6 Å². The molecule has 2 N–H and O–H groups in total. The van der Waals surface area contributed by atoms with Crippen LogP contribution in [0.1, 0.15) is 49.5 Å². The van der Waals surface area contributed by atoms with Crippen LogP contribution in [0.2, 0.25) is 0 Å². The van der Waals surface area contributed by atoms with Gasteiger partial charge in [0, 0.05) is 25.3 Å². The molecule has 0 spiro atoms. The summed E-state index contributed by atoms with van der Waals surface area (Å²) in [6, 6.07) is 14.3. The Balaban J connectivity index is 1.55. The van der Waals surface area contributed by atoms with Gasteiger partial charge in [-0.25, -0.2) is 4.39 Å². The maximum Gasteiger partial charge on any atom is 0.256 e. The Bertz CT molecular complexity index is 819. The van der Waals surface area contributed by atoms with Crippen molar-refractivity contribution in [2.24, 2.45) is 0 Å². The highest BCUT2D eigenvalue weighted by molar-refractivity contribution is 5.94. The quantitative estimate of drug-likeness (QED) is 0.831. The molecule has 1 saturated heterocycles. The fourth-order valence-electron chi connectivity index (χ4n) is 3.46. The van der Waals surface area contributed by atoms with Crippen LogP contribution in [0.15, 0.2) is 48.5 Å². The second-order valence-electron chi connectivity index (χ2n) is 8.68. The Kier molecular flexibility index (Phi) is 5.75. The van der Waals surface area contributed by atoms with E-state index in [-0.39, 0.29) is 16.9 Å². The lowest BCUT2D eigenvalue weighted by atomic mass is 9.87. The predicted molar refractivity (Wildman–Crippen MR) is 110 cm³/mol. The van der Waals surface area contributed by atoms with Gasteiger partial charge in [-0.15, -0.1) is 0 Å². The molecule has 3 rings (SSSR count). The third-order valence-electron chi connectivity index (χ3n) is 5.46. The number of piperidine rings is 1. The molecule has 1 aliphatic rings. The first kappa shape index (κ1) is 20.3. The largest absolute Gasteiger partial charge is 0.388 e. The van der Waals surface area contributed by atoms with Crippen LogP contribution in [0.5, 0.6) is 0 Å². The second kappa shape index (κ2) is 7.92. The van der Waals surface area contributed by atoms with Gasteiger partial charge in [0.25, 0.3) is 5.91 Å². The highest BCUT2D eigenvalue weighted by Crippen LogP contribution is 2.26. The highest BCUT2D eigenvalue weighted by atomic mass is 19.1. The Morgan fingerprint density at radius 1 is 1.11 bits per heavy atom. The molecule has 5 heteroatoms. The zero-order valence-electron chi connectivity index (χ0n) is 16.8. The number of rotatable bonds is 4. The summed E-state index contributed by atoms with van der Waals surface area (Å²) in [5.74, 6) is -0.820. The molecule has 28 heavy (non-hydrogen) atoms. The minimum Gasteiger partial charge on any atom is -0.388 e. The molecule has 1 aliphatic heterocycles. The van der Waals surface area contributed by atoms with E-state index in [4.69, 9.17) is 0 Å². The predicted octanol–water partition coefficient (Wildman–Crippen LogP) is 4.20. The van der Waals surface area contributed by atoms with Crippen LogP contribution in [-0.4, -0.2) is 41.1 Å². The minimum atomic E-state index is -0.880. The van der Waals surface area contributed by atoms with Gasteiger partial charge < -0.3 is 15.3 Å². The number of nitrogens with zero attached hydrogens (tertiary/aromatic N) is 1. The fraction of sp³-hybridized carbons (Fsp3) is 0.435. The number of amides is 1. The van der Waals surface area contributed by atoms with Crippen molar-refractivity contribution >= 4 is 11.6 Å². The zero-order chi connectivity index (χ0) is 20.4. The molecule has 0 aliphatic carbocycles. The molecule has 0 atom stereocenters. The van der Waals surface area contributed by atoms with Gasteiger partial charge in [0.05, 0.1) is 11.2 Å². The standard InChI is InChI=1S/C23H29FN2O2/c1-22(2,3)17-8-10-18(11-9-17)25-16-23(28)12-14-26(15-13-23)21(27)19-6-4-5-7-20(19)24/h4-11,25,28H,12-16H2,1-3H3. The van der Waals surface area contributed by atoms with Crippen LogP contribution in [-0.2, 0) is 5.41 Å². The third-order valence-corrected chi connectivity index (χ3v) is 5.46. The van der Waals surface area contributed by atoms with Crippen molar-refractivity contribution in [3.63, 3.8) is 0 Å². The van der Waals surface area contributed by atoms with Crippen LogP contribution in [0, 0.1) is 5.82 Å². The average Bonchev–Trinajstić information content (AvgIpc) is 2.67. The van der Waals surface area contributed by atoms with E-state index in [0.29, 0.717) is 32.5 Å². The number of nitrogens with one attached hydrogen (secondary N) is 1. The van der Waals surface area contributed by atoms with Gasteiger partial charge in [-0.1, -0.05) is 45.0 Å². The number of anilines is 1. The number of hydrogen-bond donors (Lipinski definition) is 2. The van der Waals surface area contributed by atoms with Gasteiger partial charge in [-0.3, -0.25) is 4.79 Å². The molecule has 2 aromatic carbocycles. The molecule has 0 saturated carbocycles. The third kappa shape index (κ3) is 4.71.